The van der Waals surface area contributed by atoms with Crippen molar-refractivity contribution in [3.05, 3.63) is 134 Å². The maximum Gasteiger partial charge on any atom is 0.306 e. The van der Waals surface area contributed by atoms with Crippen LogP contribution in [0.2, 0.25) is 0 Å². The molecule has 0 rings (SSSR count). The van der Waals surface area contributed by atoms with E-state index in [9.17, 15) is 14.4 Å². The monoisotopic (exact) mass is 855 g/mol. The van der Waals surface area contributed by atoms with Gasteiger partial charge in [-0.2, -0.15) is 0 Å². The van der Waals surface area contributed by atoms with Crippen molar-refractivity contribution in [1.82, 2.24) is 0 Å². The number of rotatable bonds is 41. The molecular weight excluding hydrogens is 769 g/mol. The summed E-state index contributed by atoms with van der Waals surface area (Å²) < 4.78 is 16.7. The summed E-state index contributed by atoms with van der Waals surface area (Å²) in [7, 11) is 0. The zero-order valence-corrected chi connectivity index (χ0v) is 39.3. The summed E-state index contributed by atoms with van der Waals surface area (Å²) in [6, 6.07) is 0. The molecule has 0 aromatic heterocycles. The molecule has 0 amide bonds. The normalized spacial score (nSPS) is 13.3. The van der Waals surface area contributed by atoms with Crippen LogP contribution in [-0.4, -0.2) is 37.2 Å². The van der Waals surface area contributed by atoms with Gasteiger partial charge in [-0.3, -0.25) is 14.4 Å². The molecule has 0 aromatic carbocycles. The van der Waals surface area contributed by atoms with Crippen LogP contribution in [0, 0.1) is 0 Å². The van der Waals surface area contributed by atoms with Crippen molar-refractivity contribution in [3.8, 4) is 0 Å². The van der Waals surface area contributed by atoms with Crippen LogP contribution in [0.1, 0.15) is 181 Å². The van der Waals surface area contributed by atoms with Crippen molar-refractivity contribution in [2.75, 3.05) is 13.2 Å². The van der Waals surface area contributed by atoms with E-state index < -0.39 is 6.10 Å². The lowest BCUT2D eigenvalue weighted by atomic mass is 10.1. The minimum absolute atomic E-state index is 0.116. The van der Waals surface area contributed by atoms with Crippen molar-refractivity contribution < 1.29 is 28.6 Å². The van der Waals surface area contributed by atoms with Crippen molar-refractivity contribution in [2.24, 2.45) is 0 Å². The molecular formula is C56H86O6. The molecule has 0 fully saturated rings. The second kappa shape index (κ2) is 49.2. The van der Waals surface area contributed by atoms with Gasteiger partial charge in [-0.25, -0.2) is 0 Å². The first-order valence-corrected chi connectivity index (χ1v) is 24.3. The number of hydrogen-bond acceptors (Lipinski definition) is 6. The molecule has 0 N–H and O–H groups in total. The molecule has 1 unspecified atom stereocenters. The molecule has 1 atom stereocenters. The minimum atomic E-state index is -0.816. The van der Waals surface area contributed by atoms with Gasteiger partial charge in [0, 0.05) is 19.3 Å². The van der Waals surface area contributed by atoms with Crippen LogP contribution in [0.5, 0.6) is 0 Å². The van der Waals surface area contributed by atoms with Crippen LogP contribution in [-0.2, 0) is 28.6 Å². The third kappa shape index (κ3) is 46.6. The van der Waals surface area contributed by atoms with E-state index in [1.165, 1.54) is 38.5 Å². The lowest BCUT2D eigenvalue weighted by molar-refractivity contribution is -0.167. The number of unbranched alkanes of at least 4 members (excludes halogenated alkanes) is 15. The van der Waals surface area contributed by atoms with E-state index in [1.54, 1.807) is 0 Å². The largest absolute Gasteiger partial charge is 0.462 e. The van der Waals surface area contributed by atoms with Gasteiger partial charge in [0.15, 0.2) is 6.10 Å². The second-order valence-corrected chi connectivity index (χ2v) is 15.5. The molecule has 0 aliphatic heterocycles. The summed E-state index contributed by atoms with van der Waals surface area (Å²) >= 11 is 0. The Morgan fingerprint density at radius 3 is 1.19 bits per heavy atom. The molecule has 0 bridgehead atoms. The average molecular weight is 855 g/mol. The Labute approximate surface area is 379 Å². The first-order valence-electron chi connectivity index (χ1n) is 24.3. The van der Waals surface area contributed by atoms with E-state index in [-0.39, 0.29) is 31.1 Å². The number of ether oxygens (including phenoxy) is 3. The molecule has 0 aliphatic rings. The fourth-order valence-corrected chi connectivity index (χ4v) is 5.97. The van der Waals surface area contributed by atoms with Crippen LogP contribution >= 0.6 is 0 Å². The summed E-state index contributed by atoms with van der Waals surface area (Å²) in [6.45, 7) is 6.23. The summed E-state index contributed by atoms with van der Waals surface area (Å²) in [4.78, 5) is 37.9. The fraction of sp³-hybridized carbons (Fsp3) is 0.554. The SMILES string of the molecule is CC\C=C/C=C\C=C/C=C\C=C\C=C/C=C\CCCCCC(=O)OCC(COC(=O)CCCCC/C=C\C=C/CCCC)OC(=O)CCCCCCCCC/C=C\C/C=C\CC. The first kappa shape index (κ1) is 57.5. The molecule has 6 nitrogen and oxygen atoms in total. The predicted octanol–water partition coefficient (Wildman–Crippen LogP) is 15.9. The average Bonchev–Trinajstić information content (AvgIpc) is 3.27. The Morgan fingerprint density at radius 2 is 0.710 bits per heavy atom. The van der Waals surface area contributed by atoms with E-state index >= 15 is 0 Å². The van der Waals surface area contributed by atoms with Crippen molar-refractivity contribution in [1.29, 1.82) is 0 Å². The quantitative estimate of drug-likeness (QED) is 0.0200. The minimum Gasteiger partial charge on any atom is -0.462 e. The molecule has 6 heteroatoms. The Bertz CT molecular complexity index is 1400. The molecule has 0 aromatic rings. The van der Waals surface area contributed by atoms with Crippen molar-refractivity contribution in [2.45, 2.75) is 187 Å². The molecule has 0 aliphatic carbocycles. The summed E-state index contributed by atoms with van der Waals surface area (Å²) in [5.41, 5.74) is 0. The summed E-state index contributed by atoms with van der Waals surface area (Å²) in [5.74, 6) is -1.01. The van der Waals surface area contributed by atoms with Gasteiger partial charge in [0.2, 0.25) is 0 Å². The number of hydrogen-bond donors (Lipinski definition) is 0. The summed E-state index contributed by atoms with van der Waals surface area (Å²) in [6.07, 6.45) is 68.6. The lowest BCUT2D eigenvalue weighted by Gasteiger charge is -2.18. The van der Waals surface area contributed by atoms with E-state index in [0.29, 0.717) is 19.3 Å². The molecule has 346 valence electrons. The van der Waals surface area contributed by atoms with Crippen LogP contribution in [0.3, 0.4) is 0 Å². The Kier molecular flexibility index (Phi) is 45.7. The van der Waals surface area contributed by atoms with Gasteiger partial charge in [-0.05, 0) is 83.5 Å². The van der Waals surface area contributed by atoms with E-state index in [0.717, 1.165) is 103 Å². The fourth-order valence-electron chi connectivity index (χ4n) is 5.97. The number of carbonyl (C=O) groups is 3. The molecule has 62 heavy (non-hydrogen) atoms. The Morgan fingerprint density at radius 1 is 0.355 bits per heavy atom. The van der Waals surface area contributed by atoms with E-state index in [4.69, 9.17) is 14.2 Å². The Hall–Kier alpha value is -4.45. The van der Waals surface area contributed by atoms with Gasteiger partial charge < -0.3 is 14.2 Å². The molecule has 0 spiro atoms. The second-order valence-electron chi connectivity index (χ2n) is 15.5. The molecule has 0 radical (unpaired) electrons. The topological polar surface area (TPSA) is 78.9 Å². The zero-order valence-electron chi connectivity index (χ0n) is 39.3. The van der Waals surface area contributed by atoms with Crippen LogP contribution in [0.15, 0.2) is 134 Å². The first-order chi connectivity index (χ1) is 30.5. The van der Waals surface area contributed by atoms with Gasteiger partial charge in [0.1, 0.15) is 13.2 Å². The highest BCUT2D eigenvalue weighted by Crippen LogP contribution is 2.13. The van der Waals surface area contributed by atoms with Gasteiger partial charge in [0.25, 0.3) is 0 Å². The highest BCUT2D eigenvalue weighted by atomic mass is 16.6. The highest BCUT2D eigenvalue weighted by Gasteiger charge is 2.19. The van der Waals surface area contributed by atoms with Crippen LogP contribution in [0.25, 0.3) is 0 Å². The molecule has 0 saturated heterocycles. The Balaban J connectivity index is 4.55. The maximum atomic E-state index is 12.8. The third-order valence-corrected chi connectivity index (χ3v) is 9.59. The summed E-state index contributed by atoms with van der Waals surface area (Å²) in [5, 5.41) is 0. The standard InChI is InChI=1S/C56H86O6/c1-4-7-10-13-16-19-22-24-26-27-28-29-30-32-34-37-40-43-46-49-55(58)61-52-53(51-60-54(57)48-45-42-39-36-33-21-18-15-12-9-6-3)62-56(59)50-47-44-41-38-35-31-25-23-20-17-14-11-8-5-2/h7-8,10-11,13,15-22,24,26-30,32-34,53H,4-6,9,12,14,23,25,31,35-52H2,1-3H3/b10-7-,11-8-,16-13-,18-15-,20-17-,22-19-,26-24-,28-27+,30-29-,33-21-,34-32-. The third-order valence-electron chi connectivity index (χ3n) is 9.59. The zero-order chi connectivity index (χ0) is 45.1. The number of carbonyl (C=O) groups excluding carboxylic acids is 3. The van der Waals surface area contributed by atoms with Gasteiger partial charge in [0.05, 0.1) is 0 Å². The van der Waals surface area contributed by atoms with Gasteiger partial charge >= 0.3 is 17.9 Å². The van der Waals surface area contributed by atoms with E-state index in [1.807, 2.05) is 72.9 Å². The van der Waals surface area contributed by atoms with Gasteiger partial charge in [-0.1, -0.05) is 212 Å². The maximum absolute atomic E-state index is 12.8. The molecule has 0 heterocycles. The predicted molar refractivity (Wildman–Crippen MR) is 265 cm³/mol. The van der Waals surface area contributed by atoms with E-state index in [2.05, 4.69) is 81.5 Å². The number of allylic oxidation sites excluding steroid dienone is 22. The van der Waals surface area contributed by atoms with Crippen LogP contribution in [0.4, 0.5) is 0 Å². The molecule has 0 saturated carbocycles. The van der Waals surface area contributed by atoms with Crippen molar-refractivity contribution >= 4 is 17.9 Å². The van der Waals surface area contributed by atoms with Gasteiger partial charge in [-0.15, -0.1) is 0 Å². The smallest absolute Gasteiger partial charge is 0.306 e. The lowest BCUT2D eigenvalue weighted by Crippen LogP contribution is -2.30. The highest BCUT2D eigenvalue weighted by molar-refractivity contribution is 5.71. The van der Waals surface area contributed by atoms with Crippen molar-refractivity contribution in [3.63, 3.8) is 0 Å². The number of esters is 3. The van der Waals surface area contributed by atoms with Crippen LogP contribution < -0.4 is 0 Å².